The van der Waals surface area contributed by atoms with Gasteiger partial charge in [-0.15, -0.1) is 0 Å². The van der Waals surface area contributed by atoms with Crippen molar-refractivity contribution in [3.63, 3.8) is 0 Å². The molecule has 3 nitrogen and oxygen atoms in total. The molecule has 1 rings (SSSR count). The van der Waals surface area contributed by atoms with Crippen molar-refractivity contribution in [3.05, 3.63) is 0 Å². The molecule has 4 heteroatoms. The molecule has 0 spiro atoms. The normalized spacial score (nSPS) is 21.5. The number of rotatable bonds is 1. The molecule has 1 aliphatic heterocycles. The van der Waals surface area contributed by atoms with Crippen LogP contribution in [-0.2, 0) is 0 Å². The first-order valence-electron chi connectivity index (χ1n) is 3.93. The van der Waals surface area contributed by atoms with E-state index in [2.05, 4.69) is 17.3 Å². The van der Waals surface area contributed by atoms with Crippen molar-refractivity contribution in [2.45, 2.75) is 18.9 Å². The monoisotopic (exact) mass is 173 g/mol. The maximum absolute atomic E-state index is 5.36. The summed E-state index contributed by atoms with van der Waals surface area (Å²) in [6.07, 6.45) is 2.29. The molecule has 0 aromatic carbocycles. The van der Waals surface area contributed by atoms with Crippen LogP contribution in [0.2, 0.25) is 0 Å². The number of piperidine rings is 1. The molecule has 0 aromatic heterocycles. The van der Waals surface area contributed by atoms with Crippen molar-refractivity contribution in [1.29, 1.82) is 0 Å². The number of hydrogen-bond donors (Lipinski definition) is 2. The molecule has 3 N–H and O–H groups in total. The van der Waals surface area contributed by atoms with E-state index in [9.17, 15) is 0 Å². The summed E-state index contributed by atoms with van der Waals surface area (Å²) >= 11 is 4.76. The maximum atomic E-state index is 5.36. The van der Waals surface area contributed by atoms with Crippen LogP contribution in [0.4, 0.5) is 0 Å². The Kier molecular flexibility index (Phi) is 3.08. The minimum Gasteiger partial charge on any atom is -0.376 e. The largest absolute Gasteiger partial charge is 0.376 e. The average Bonchev–Trinajstić information content (AvgIpc) is 1.93. The van der Waals surface area contributed by atoms with Gasteiger partial charge < -0.3 is 16.0 Å². The second-order valence-electron chi connectivity index (χ2n) is 3.09. The minimum atomic E-state index is 0.430. The molecular weight excluding hydrogens is 158 g/mol. The van der Waals surface area contributed by atoms with Crippen LogP contribution in [0.3, 0.4) is 0 Å². The highest BCUT2D eigenvalue weighted by Crippen LogP contribution is 2.07. The SMILES string of the molecule is CN1CCC(NC(N)=S)CC1. The lowest BCUT2D eigenvalue weighted by Gasteiger charge is -2.29. The van der Waals surface area contributed by atoms with Crippen LogP contribution in [0.1, 0.15) is 12.8 Å². The van der Waals surface area contributed by atoms with Gasteiger partial charge in [0.15, 0.2) is 5.11 Å². The summed E-state index contributed by atoms with van der Waals surface area (Å²) in [5.74, 6) is 0. The van der Waals surface area contributed by atoms with Crippen LogP contribution in [0.25, 0.3) is 0 Å². The van der Waals surface area contributed by atoms with Gasteiger partial charge in [0.25, 0.3) is 0 Å². The molecule has 1 saturated heterocycles. The first-order valence-corrected chi connectivity index (χ1v) is 4.34. The van der Waals surface area contributed by atoms with Gasteiger partial charge in [0.1, 0.15) is 0 Å². The Morgan fingerprint density at radius 2 is 2.09 bits per heavy atom. The fraction of sp³-hybridized carbons (Fsp3) is 0.857. The number of nitrogens with two attached hydrogens (primary N) is 1. The van der Waals surface area contributed by atoms with E-state index in [-0.39, 0.29) is 0 Å². The number of nitrogens with zero attached hydrogens (tertiary/aromatic N) is 1. The Bertz CT molecular complexity index is 141. The zero-order valence-electron chi connectivity index (χ0n) is 6.84. The maximum Gasteiger partial charge on any atom is 0.163 e. The van der Waals surface area contributed by atoms with Crippen molar-refractivity contribution in [2.75, 3.05) is 20.1 Å². The molecular formula is C7H15N3S. The summed E-state index contributed by atoms with van der Waals surface area (Å²) in [5.41, 5.74) is 5.36. The summed E-state index contributed by atoms with van der Waals surface area (Å²) in [6, 6.07) is 0.503. The third-order valence-corrected chi connectivity index (χ3v) is 2.18. The van der Waals surface area contributed by atoms with Gasteiger partial charge in [-0.1, -0.05) is 0 Å². The summed E-state index contributed by atoms with van der Waals surface area (Å²) in [6.45, 7) is 2.28. The van der Waals surface area contributed by atoms with E-state index < -0.39 is 0 Å². The molecule has 0 aromatic rings. The molecule has 0 amide bonds. The van der Waals surface area contributed by atoms with E-state index in [1.54, 1.807) is 0 Å². The zero-order valence-corrected chi connectivity index (χ0v) is 7.66. The number of hydrogen-bond acceptors (Lipinski definition) is 2. The van der Waals surface area contributed by atoms with Gasteiger partial charge in [0.2, 0.25) is 0 Å². The van der Waals surface area contributed by atoms with Crippen LogP contribution in [0, 0.1) is 0 Å². The van der Waals surface area contributed by atoms with Gasteiger partial charge in [-0.05, 0) is 45.2 Å². The highest BCUT2D eigenvalue weighted by atomic mass is 32.1. The fourth-order valence-corrected chi connectivity index (χ4v) is 1.52. The van der Waals surface area contributed by atoms with E-state index in [1.807, 2.05) is 0 Å². The van der Waals surface area contributed by atoms with E-state index >= 15 is 0 Å². The van der Waals surface area contributed by atoms with Crippen molar-refractivity contribution in [2.24, 2.45) is 5.73 Å². The highest BCUT2D eigenvalue weighted by molar-refractivity contribution is 7.80. The molecule has 0 saturated carbocycles. The lowest BCUT2D eigenvalue weighted by Crippen LogP contribution is -2.45. The van der Waals surface area contributed by atoms with E-state index in [4.69, 9.17) is 18.0 Å². The summed E-state index contributed by atoms with van der Waals surface area (Å²) in [4.78, 5) is 2.32. The van der Waals surface area contributed by atoms with Crippen LogP contribution >= 0.6 is 12.2 Å². The minimum absolute atomic E-state index is 0.430. The molecule has 0 atom stereocenters. The Balaban J connectivity index is 2.22. The molecule has 0 bridgehead atoms. The smallest absolute Gasteiger partial charge is 0.163 e. The number of nitrogens with one attached hydrogen (secondary N) is 1. The average molecular weight is 173 g/mol. The predicted octanol–water partition coefficient (Wildman–Crippen LogP) is -0.0862. The lowest BCUT2D eigenvalue weighted by molar-refractivity contribution is 0.247. The Morgan fingerprint density at radius 3 is 2.55 bits per heavy atom. The first-order chi connectivity index (χ1) is 5.18. The highest BCUT2D eigenvalue weighted by Gasteiger charge is 2.15. The molecule has 64 valence electrons. The predicted molar refractivity (Wildman–Crippen MR) is 50.4 cm³/mol. The molecule has 0 unspecified atom stereocenters. The van der Waals surface area contributed by atoms with E-state index in [0.29, 0.717) is 11.2 Å². The zero-order chi connectivity index (χ0) is 8.27. The van der Waals surface area contributed by atoms with Crippen molar-refractivity contribution in [3.8, 4) is 0 Å². The van der Waals surface area contributed by atoms with Gasteiger partial charge >= 0.3 is 0 Å². The number of likely N-dealkylation sites (tertiary alicyclic amines) is 1. The van der Waals surface area contributed by atoms with Crippen LogP contribution < -0.4 is 11.1 Å². The first kappa shape index (κ1) is 8.74. The number of thiocarbonyl (C=S) groups is 1. The molecule has 1 aliphatic rings. The summed E-state index contributed by atoms with van der Waals surface area (Å²) in [7, 11) is 2.14. The van der Waals surface area contributed by atoms with Gasteiger partial charge in [-0.3, -0.25) is 0 Å². The third-order valence-electron chi connectivity index (χ3n) is 2.06. The Hall–Kier alpha value is -0.350. The lowest BCUT2D eigenvalue weighted by atomic mass is 10.1. The van der Waals surface area contributed by atoms with Gasteiger partial charge in [-0.25, -0.2) is 0 Å². The van der Waals surface area contributed by atoms with E-state index in [1.165, 1.54) is 0 Å². The second-order valence-corrected chi connectivity index (χ2v) is 3.53. The molecule has 1 heterocycles. The van der Waals surface area contributed by atoms with Crippen molar-refractivity contribution in [1.82, 2.24) is 10.2 Å². The quantitative estimate of drug-likeness (QED) is 0.544. The fourth-order valence-electron chi connectivity index (χ4n) is 1.35. The standard InChI is InChI=1S/C7H15N3S/c1-10-4-2-6(3-5-10)9-7(8)11/h6H,2-5H2,1H3,(H3,8,9,11). The van der Waals surface area contributed by atoms with Crippen LogP contribution in [0.15, 0.2) is 0 Å². The van der Waals surface area contributed by atoms with Gasteiger partial charge in [0.05, 0.1) is 0 Å². The molecule has 1 fully saturated rings. The molecule has 11 heavy (non-hydrogen) atoms. The van der Waals surface area contributed by atoms with Gasteiger partial charge in [0, 0.05) is 6.04 Å². The topological polar surface area (TPSA) is 41.3 Å². The second kappa shape index (κ2) is 3.88. The van der Waals surface area contributed by atoms with E-state index in [0.717, 1.165) is 25.9 Å². The Morgan fingerprint density at radius 1 is 1.55 bits per heavy atom. The van der Waals surface area contributed by atoms with Crippen molar-refractivity contribution >= 4 is 17.3 Å². The summed E-state index contributed by atoms with van der Waals surface area (Å²) < 4.78 is 0. The molecule has 0 radical (unpaired) electrons. The molecule has 0 aliphatic carbocycles. The Labute approximate surface area is 72.9 Å². The van der Waals surface area contributed by atoms with Gasteiger partial charge in [-0.2, -0.15) is 0 Å². The van der Waals surface area contributed by atoms with Crippen LogP contribution in [-0.4, -0.2) is 36.2 Å². The van der Waals surface area contributed by atoms with Crippen LogP contribution in [0.5, 0.6) is 0 Å². The van der Waals surface area contributed by atoms with Crippen molar-refractivity contribution < 1.29 is 0 Å². The summed E-state index contributed by atoms with van der Waals surface area (Å²) in [5, 5.41) is 3.51. The third kappa shape index (κ3) is 3.03.